The molecule has 0 saturated heterocycles. The number of nitrogens with two attached hydrogens (primary N) is 1. The molecule has 96 valence electrons. The van der Waals surface area contributed by atoms with E-state index in [-0.39, 0.29) is 0 Å². The van der Waals surface area contributed by atoms with E-state index in [0.29, 0.717) is 5.82 Å². The topological polar surface area (TPSA) is 43.3 Å². The number of hydrogen-bond donors (Lipinski definition) is 1. The minimum atomic E-state index is 0.634. The molecule has 19 heavy (non-hydrogen) atoms. The highest BCUT2D eigenvalue weighted by atomic mass is 35.5. The smallest absolute Gasteiger partial charge is 0.139 e. The van der Waals surface area contributed by atoms with Crippen molar-refractivity contribution in [2.24, 2.45) is 0 Å². The molecule has 3 rings (SSSR count). The molecule has 4 heteroatoms. The first-order chi connectivity index (χ1) is 9.06. The first-order valence-electron chi connectivity index (χ1n) is 6.07. The van der Waals surface area contributed by atoms with Crippen LogP contribution in [0.3, 0.4) is 0 Å². The van der Waals surface area contributed by atoms with Crippen LogP contribution in [0.4, 0.5) is 5.82 Å². The van der Waals surface area contributed by atoms with Crippen molar-refractivity contribution < 1.29 is 0 Å². The first kappa shape index (κ1) is 12.1. The van der Waals surface area contributed by atoms with Crippen LogP contribution in [0.15, 0.2) is 36.5 Å². The van der Waals surface area contributed by atoms with Gasteiger partial charge in [0, 0.05) is 16.8 Å². The number of anilines is 1. The van der Waals surface area contributed by atoms with Crippen LogP contribution in [0, 0.1) is 13.8 Å². The molecule has 2 N–H and O–H groups in total. The van der Waals surface area contributed by atoms with Gasteiger partial charge in [0.05, 0.1) is 0 Å². The maximum absolute atomic E-state index is 6.17. The predicted molar refractivity (Wildman–Crippen MR) is 79.5 cm³/mol. The number of halogens is 1. The predicted octanol–water partition coefficient (Wildman–Crippen LogP) is 3.85. The van der Waals surface area contributed by atoms with Gasteiger partial charge in [-0.3, -0.25) is 4.40 Å². The van der Waals surface area contributed by atoms with Crippen LogP contribution in [-0.4, -0.2) is 9.38 Å². The van der Waals surface area contributed by atoms with Crippen LogP contribution in [0.1, 0.15) is 11.1 Å². The molecule has 0 atom stereocenters. The van der Waals surface area contributed by atoms with Gasteiger partial charge in [-0.05, 0) is 43.2 Å². The number of nitrogen functional groups attached to an aromatic ring is 1. The Morgan fingerprint density at radius 2 is 1.95 bits per heavy atom. The molecule has 0 aliphatic heterocycles. The van der Waals surface area contributed by atoms with Crippen molar-refractivity contribution in [3.8, 4) is 11.3 Å². The second-order valence-electron chi connectivity index (χ2n) is 4.74. The molecule has 1 aromatic carbocycles. The SMILES string of the molecule is Cc1ccn2c(N)c(-c3ccc(C)c(Cl)c3)nc2c1. The molecule has 0 spiro atoms. The number of fused-ring (bicyclic) bond motifs is 1. The van der Waals surface area contributed by atoms with Crippen molar-refractivity contribution in [2.75, 3.05) is 5.73 Å². The van der Waals surface area contributed by atoms with Gasteiger partial charge in [0.15, 0.2) is 0 Å². The number of rotatable bonds is 1. The molecular formula is C15H14ClN3. The molecule has 0 aliphatic carbocycles. The van der Waals surface area contributed by atoms with E-state index in [2.05, 4.69) is 4.98 Å². The van der Waals surface area contributed by atoms with E-state index in [1.165, 1.54) is 0 Å². The zero-order valence-electron chi connectivity index (χ0n) is 10.8. The third-order valence-corrected chi connectivity index (χ3v) is 3.67. The van der Waals surface area contributed by atoms with Gasteiger partial charge in [0.1, 0.15) is 17.2 Å². The summed E-state index contributed by atoms with van der Waals surface area (Å²) in [5, 5.41) is 0.727. The molecule has 3 aromatic rings. The zero-order valence-corrected chi connectivity index (χ0v) is 11.6. The van der Waals surface area contributed by atoms with E-state index in [0.717, 1.165) is 33.1 Å². The molecule has 0 unspecified atom stereocenters. The van der Waals surface area contributed by atoms with Crippen LogP contribution < -0.4 is 5.73 Å². The standard InChI is InChI=1S/C15H14ClN3/c1-9-5-6-19-13(7-9)18-14(15(19)17)11-4-3-10(2)12(16)8-11/h3-8H,17H2,1-2H3. The van der Waals surface area contributed by atoms with Gasteiger partial charge in [0.25, 0.3) is 0 Å². The summed E-state index contributed by atoms with van der Waals surface area (Å²) in [7, 11) is 0. The molecule has 3 nitrogen and oxygen atoms in total. The van der Waals surface area contributed by atoms with Gasteiger partial charge >= 0.3 is 0 Å². The summed E-state index contributed by atoms with van der Waals surface area (Å²) < 4.78 is 1.89. The number of benzene rings is 1. The van der Waals surface area contributed by atoms with Crippen LogP contribution in [0.25, 0.3) is 16.9 Å². The number of hydrogen-bond acceptors (Lipinski definition) is 2. The zero-order chi connectivity index (χ0) is 13.6. The highest BCUT2D eigenvalue weighted by molar-refractivity contribution is 6.31. The van der Waals surface area contributed by atoms with Crippen molar-refractivity contribution in [2.45, 2.75) is 13.8 Å². The summed E-state index contributed by atoms with van der Waals surface area (Å²) in [6.07, 6.45) is 1.94. The molecule has 0 amide bonds. The van der Waals surface area contributed by atoms with Crippen LogP contribution in [0.5, 0.6) is 0 Å². The molecule has 2 aromatic heterocycles. The summed E-state index contributed by atoms with van der Waals surface area (Å²) in [5.74, 6) is 0.634. The maximum Gasteiger partial charge on any atom is 0.139 e. The molecule has 0 fully saturated rings. The Hall–Kier alpha value is -2.00. The Labute approximate surface area is 116 Å². The highest BCUT2D eigenvalue weighted by Gasteiger charge is 2.12. The van der Waals surface area contributed by atoms with Crippen molar-refractivity contribution in [1.82, 2.24) is 9.38 Å². The second-order valence-corrected chi connectivity index (χ2v) is 5.15. The Morgan fingerprint density at radius 3 is 2.68 bits per heavy atom. The first-order valence-corrected chi connectivity index (χ1v) is 6.45. The molecule has 0 saturated carbocycles. The Morgan fingerprint density at radius 1 is 1.16 bits per heavy atom. The van der Waals surface area contributed by atoms with Gasteiger partial charge in [-0.15, -0.1) is 0 Å². The third-order valence-electron chi connectivity index (χ3n) is 3.26. The van der Waals surface area contributed by atoms with E-state index >= 15 is 0 Å². The fraction of sp³-hybridized carbons (Fsp3) is 0.133. The summed E-state index contributed by atoms with van der Waals surface area (Å²) in [6.45, 7) is 4.01. The largest absolute Gasteiger partial charge is 0.383 e. The van der Waals surface area contributed by atoms with Gasteiger partial charge in [0.2, 0.25) is 0 Å². The minimum absolute atomic E-state index is 0.634. The van der Waals surface area contributed by atoms with Crippen LogP contribution in [0.2, 0.25) is 5.02 Å². The monoisotopic (exact) mass is 271 g/mol. The van der Waals surface area contributed by atoms with E-state index in [1.807, 2.05) is 54.8 Å². The molecule has 0 radical (unpaired) electrons. The Kier molecular flexibility index (Phi) is 2.72. The van der Waals surface area contributed by atoms with Crippen LogP contribution >= 0.6 is 11.6 Å². The quantitative estimate of drug-likeness (QED) is 0.730. The Balaban J connectivity index is 2.24. The lowest BCUT2D eigenvalue weighted by molar-refractivity contribution is 1.18. The van der Waals surface area contributed by atoms with Crippen LogP contribution in [-0.2, 0) is 0 Å². The lowest BCUT2D eigenvalue weighted by Crippen LogP contribution is -1.94. The van der Waals surface area contributed by atoms with Crippen molar-refractivity contribution in [3.05, 3.63) is 52.7 Å². The number of nitrogens with zero attached hydrogens (tertiary/aromatic N) is 2. The van der Waals surface area contributed by atoms with Crippen molar-refractivity contribution in [1.29, 1.82) is 0 Å². The number of pyridine rings is 1. The van der Waals surface area contributed by atoms with Gasteiger partial charge in [-0.2, -0.15) is 0 Å². The van der Waals surface area contributed by atoms with E-state index in [9.17, 15) is 0 Å². The van der Waals surface area contributed by atoms with E-state index in [1.54, 1.807) is 0 Å². The average molecular weight is 272 g/mol. The third kappa shape index (κ3) is 1.96. The normalized spacial score (nSPS) is 11.1. The van der Waals surface area contributed by atoms with Gasteiger partial charge in [-0.1, -0.05) is 23.7 Å². The summed E-state index contributed by atoms with van der Waals surface area (Å²) in [6, 6.07) is 9.90. The Bertz CT molecular complexity index is 774. The average Bonchev–Trinajstić information content (AvgIpc) is 2.70. The van der Waals surface area contributed by atoms with E-state index in [4.69, 9.17) is 17.3 Å². The highest BCUT2D eigenvalue weighted by Crippen LogP contribution is 2.29. The molecule has 0 bridgehead atoms. The summed E-state index contributed by atoms with van der Waals surface area (Å²) in [5.41, 5.74) is 10.9. The molecule has 0 aliphatic rings. The van der Waals surface area contributed by atoms with Crippen molar-refractivity contribution >= 4 is 23.1 Å². The molecule has 2 heterocycles. The maximum atomic E-state index is 6.17. The van der Waals surface area contributed by atoms with Gasteiger partial charge < -0.3 is 5.73 Å². The lowest BCUT2D eigenvalue weighted by Gasteiger charge is -2.02. The molecular weight excluding hydrogens is 258 g/mol. The number of aryl methyl sites for hydroxylation is 2. The van der Waals surface area contributed by atoms with Gasteiger partial charge in [-0.25, -0.2) is 4.98 Å². The summed E-state index contributed by atoms with van der Waals surface area (Å²) >= 11 is 6.16. The fourth-order valence-corrected chi connectivity index (χ4v) is 2.30. The number of aromatic nitrogens is 2. The minimum Gasteiger partial charge on any atom is -0.383 e. The van der Waals surface area contributed by atoms with Crippen molar-refractivity contribution in [3.63, 3.8) is 0 Å². The second kappa shape index (κ2) is 4.28. The van der Waals surface area contributed by atoms with E-state index < -0.39 is 0 Å². The fourth-order valence-electron chi connectivity index (χ4n) is 2.12. The summed E-state index contributed by atoms with van der Waals surface area (Å²) in [4.78, 5) is 4.59. The lowest BCUT2D eigenvalue weighted by atomic mass is 10.1. The number of imidazole rings is 1.